The lowest BCUT2D eigenvalue weighted by Crippen LogP contribution is -2.23. The second-order valence-corrected chi connectivity index (χ2v) is 12.9. The van der Waals surface area contributed by atoms with Crippen LogP contribution in [0.1, 0.15) is 103 Å². The molecule has 0 amide bonds. The molecule has 4 N–H and O–H groups in total. The highest BCUT2D eigenvalue weighted by atomic mass is 16.5. The minimum atomic E-state index is -0.173. The second-order valence-electron chi connectivity index (χ2n) is 12.9. The van der Waals surface area contributed by atoms with Crippen molar-refractivity contribution in [2.24, 2.45) is 28.3 Å². The van der Waals surface area contributed by atoms with E-state index in [1.807, 2.05) is 24.3 Å². The van der Waals surface area contributed by atoms with Gasteiger partial charge in [-0.25, -0.2) is 0 Å². The molecule has 0 aromatic heterocycles. The Kier molecular flexibility index (Phi) is 25.5. The molecule has 0 aromatic carbocycles. The molecule has 0 aromatic rings. The van der Waals surface area contributed by atoms with Gasteiger partial charge in [0.05, 0.1) is 0 Å². The summed E-state index contributed by atoms with van der Waals surface area (Å²) in [4.78, 5) is 28.4. The van der Waals surface area contributed by atoms with Gasteiger partial charge in [0, 0.05) is 19.4 Å². The number of carbonyl (C=O) groups is 2. The van der Waals surface area contributed by atoms with E-state index in [2.05, 4.69) is 96.1 Å². The van der Waals surface area contributed by atoms with Crippen molar-refractivity contribution < 1.29 is 19.1 Å². The summed E-state index contributed by atoms with van der Waals surface area (Å²) in [5, 5.41) is 0. The van der Waals surface area contributed by atoms with E-state index in [1.165, 1.54) is 12.0 Å². The highest BCUT2D eigenvalue weighted by molar-refractivity contribution is 5.75. The molecule has 1 aliphatic carbocycles. The Morgan fingerprint density at radius 2 is 1.04 bits per heavy atom. The van der Waals surface area contributed by atoms with Crippen LogP contribution in [0, 0.1) is 11.8 Å². The third kappa shape index (κ3) is 26.1. The molecule has 278 valence electrons. The summed E-state index contributed by atoms with van der Waals surface area (Å²) in [5.41, 5.74) is 12.5. The maximum atomic E-state index is 12.1. The number of ether oxygens (including phenoxy) is 2. The van der Waals surface area contributed by atoms with E-state index in [0.717, 1.165) is 70.6 Å². The molecule has 0 saturated heterocycles. The van der Waals surface area contributed by atoms with E-state index in [4.69, 9.17) is 20.9 Å². The minimum Gasteiger partial charge on any atom is -0.461 e. The van der Waals surface area contributed by atoms with Crippen molar-refractivity contribution in [1.29, 1.82) is 0 Å². The van der Waals surface area contributed by atoms with E-state index in [-0.39, 0.29) is 17.9 Å². The van der Waals surface area contributed by atoms with E-state index in [1.54, 1.807) is 0 Å². The van der Waals surface area contributed by atoms with Crippen LogP contribution in [-0.2, 0) is 19.1 Å². The second kappa shape index (κ2) is 30.4. The largest absolute Gasteiger partial charge is 0.461 e. The van der Waals surface area contributed by atoms with E-state index in [0.29, 0.717) is 57.3 Å². The fourth-order valence-corrected chi connectivity index (χ4v) is 5.55. The predicted octanol–water partition coefficient (Wildman–Crippen LogP) is 9.78. The summed E-state index contributed by atoms with van der Waals surface area (Å²) in [6, 6.07) is 0. The molecule has 51 heavy (non-hydrogen) atoms. The van der Waals surface area contributed by atoms with Crippen molar-refractivity contribution in [2.45, 2.75) is 103 Å². The Labute approximate surface area is 308 Å². The standard InChI is InChI=1S/C44H63N3O4/c45-44(46)47-36-35-41-27-17-9-5-13-23-37-50-42(48)31-19-11-3-1-7-15-25-39(33-34-40-29-21-22-30-40)26-16-8-2-4-12-20-32-43(49)51-38-24-14-6-10-18-28-41/h3-4,7-18,21-24,29,39,41H,1-2,5-6,19-20,25-28,30-38H2,(H4,45,46,47)/b11-3+,12-4+,15-7+,16-8+,17-9+,18-10+,23-13+,24-14+. The molecule has 0 saturated carbocycles. The van der Waals surface area contributed by atoms with Crippen LogP contribution in [0.25, 0.3) is 0 Å². The van der Waals surface area contributed by atoms with Gasteiger partial charge in [0.2, 0.25) is 0 Å². The lowest BCUT2D eigenvalue weighted by Gasteiger charge is -2.13. The number of allylic oxidation sites excluding steroid dienone is 18. The van der Waals surface area contributed by atoms with Crippen molar-refractivity contribution in [2.75, 3.05) is 19.8 Å². The molecule has 0 radical (unpaired) electrons. The van der Waals surface area contributed by atoms with Gasteiger partial charge in [0.25, 0.3) is 0 Å². The highest BCUT2D eigenvalue weighted by Crippen LogP contribution is 2.24. The molecule has 1 aliphatic heterocycles. The molecule has 0 fully saturated rings. The molecule has 7 nitrogen and oxygen atoms in total. The van der Waals surface area contributed by atoms with Gasteiger partial charge in [-0.3, -0.25) is 14.6 Å². The summed E-state index contributed by atoms with van der Waals surface area (Å²) < 4.78 is 10.7. The number of nitrogens with zero attached hydrogens (tertiary/aromatic N) is 1. The highest BCUT2D eigenvalue weighted by Gasteiger charge is 2.08. The van der Waals surface area contributed by atoms with Gasteiger partial charge in [-0.15, -0.1) is 0 Å². The monoisotopic (exact) mass is 697 g/mol. The van der Waals surface area contributed by atoms with Crippen LogP contribution >= 0.6 is 0 Å². The summed E-state index contributed by atoms with van der Waals surface area (Å²) in [5.74, 6) is 0.790. The summed E-state index contributed by atoms with van der Waals surface area (Å²) in [6.45, 7) is 1.19. The molecule has 7 heteroatoms. The van der Waals surface area contributed by atoms with Crippen molar-refractivity contribution >= 4 is 17.9 Å². The SMILES string of the molecule is NC(N)=NCCC1C/C=C/C/C=C/COC(=O)CC/C=C/C/C=C/CC(CCC2=CC=CC2)C/C=C/C/C=C/CCC(=O)OC/C=C/C/C=C/C1. The number of nitrogens with two attached hydrogens (primary N) is 2. The smallest absolute Gasteiger partial charge is 0.306 e. The Balaban J connectivity index is 1.89. The molecule has 2 rings (SSSR count). The number of esters is 2. The quantitative estimate of drug-likeness (QED) is 0.124. The first-order valence-corrected chi connectivity index (χ1v) is 18.9. The number of rotatable bonds is 6. The minimum absolute atomic E-state index is 0.116. The summed E-state index contributed by atoms with van der Waals surface area (Å²) in [7, 11) is 0. The summed E-state index contributed by atoms with van der Waals surface area (Å²) in [6.07, 6.45) is 54.2. The van der Waals surface area contributed by atoms with Crippen LogP contribution in [0.2, 0.25) is 0 Å². The molecule has 0 spiro atoms. The van der Waals surface area contributed by atoms with E-state index >= 15 is 0 Å². The van der Waals surface area contributed by atoms with Gasteiger partial charge >= 0.3 is 11.9 Å². The molecular weight excluding hydrogens is 635 g/mol. The summed E-state index contributed by atoms with van der Waals surface area (Å²) >= 11 is 0. The van der Waals surface area contributed by atoms with E-state index in [9.17, 15) is 9.59 Å². The Hall–Kier alpha value is -4.39. The van der Waals surface area contributed by atoms with Crippen LogP contribution in [0.3, 0.4) is 0 Å². The van der Waals surface area contributed by atoms with Gasteiger partial charge in [-0.2, -0.15) is 0 Å². The number of carbonyl (C=O) groups excluding carboxylic acids is 2. The van der Waals surface area contributed by atoms with Crippen molar-refractivity contribution in [3.63, 3.8) is 0 Å². The van der Waals surface area contributed by atoms with Gasteiger partial charge < -0.3 is 20.9 Å². The fraction of sp³-hybridized carbons (Fsp3) is 0.477. The maximum absolute atomic E-state index is 12.1. The lowest BCUT2D eigenvalue weighted by molar-refractivity contribution is -0.143. The average Bonchev–Trinajstić information content (AvgIpc) is 3.64. The zero-order chi connectivity index (χ0) is 36.5. The van der Waals surface area contributed by atoms with Crippen LogP contribution < -0.4 is 11.5 Å². The number of guanidine groups is 1. The van der Waals surface area contributed by atoms with Crippen molar-refractivity contribution in [3.8, 4) is 0 Å². The van der Waals surface area contributed by atoms with Crippen molar-refractivity contribution in [1.82, 2.24) is 0 Å². The Morgan fingerprint density at radius 3 is 1.49 bits per heavy atom. The van der Waals surface area contributed by atoms with Gasteiger partial charge in [-0.05, 0) is 102 Å². The Morgan fingerprint density at radius 1 is 0.588 bits per heavy atom. The third-order valence-corrected chi connectivity index (χ3v) is 8.56. The first-order valence-electron chi connectivity index (χ1n) is 18.9. The maximum Gasteiger partial charge on any atom is 0.306 e. The average molecular weight is 698 g/mol. The number of hydrogen-bond donors (Lipinski definition) is 2. The fourth-order valence-electron chi connectivity index (χ4n) is 5.55. The number of aliphatic imine (C=N–C) groups is 1. The number of cyclic esters (lactones) is 2. The van der Waals surface area contributed by atoms with Gasteiger partial charge in [0.1, 0.15) is 13.2 Å². The van der Waals surface area contributed by atoms with E-state index < -0.39 is 0 Å². The molecule has 1 heterocycles. The van der Waals surface area contributed by atoms with Crippen LogP contribution in [0.5, 0.6) is 0 Å². The first-order chi connectivity index (χ1) is 25.0. The Bertz CT molecular complexity index is 1230. The first kappa shape index (κ1) is 42.8. The molecule has 0 unspecified atom stereocenters. The van der Waals surface area contributed by atoms with Crippen molar-refractivity contribution in [3.05, 3.63) is 121 Å². The zero-order valence-electron chi connectivity index (χ0n) is 30.8. The number of hydrogen-bond acceptors (Lipinski definition) is 5. The lowest BCUT2D eigenvalue weighted by atomic mass is 9.92. The van der Waals surface area contributed by atoms with Crippen LogP contribution in [0.15, 0.2) is 126 Å². The topological polar surface area (TPSA) is 117 Å². The van der Waals surface area contributed by atoms with Crippen LogP contribution in [-0.4, -0.2) is 37.7 Å². The normalized spacial score (nSPS) is 26.6. The van der Waals surface area contributed by atoms with Gasteiger partial charge in [-0.1, -0.05) is 121 Å². The molecular formula is C44H63N3O4. The third-order valence-electron chi connectivity index (χ3n) is 8.56. The molecule has 0 bridgehead atoms. The zero-order valence-corrected chi connectivity index (χ0v) is 30.8. The molecule has 0 atom stereocenters. The molecule has 2 aliphatic rings. The predicted molar refractivity (Wildman–Crippen MR) is 214 cm³/mol. The van der Waals surface area contributed by atoms with Gasteiger partial charge in [0.15, 0.2) is 5.96 Å². The van der Waals surface area contributed by atoms with Crippen LogP contribution in [0.4, 0.5) is 0 Å².